The number of hydrogen-bond donors (Lipinski definition) is 0. The van der Waals surface area contributed by atoms with Crippen molar-refractivity contribution in [1.82, 2.24) is 9.88 Å². The van der Waals surface area contributed by atoms with Crippen LogP contribution in [0.15, 0.2) is 18.3 Å². The van der Waals surface area contributed by atoms with Crippen LogP contribution < -0.4 is 4.90 Å². The number of rotatable bonds is 2. The van der Waals surface area contributed by atoms with Gasteiger partial charge in [-0.3, -0.25) is 4.79 Å². The summed E-state index contributed by atoms with van der Waals surface area (Å²) in [5.74, 6) is 2.12. The van der Waals surface area contributed by atoms with E-state index in [9.17, 15) is 4.79 Å². The number of hydrogen-bond acceptors (Lipinski definition) is 3. The molecule has 4 heteroatoms. The minimum atomic E-state index is 0.344. The van der Waals surface area contributed by atoms with Crippen LogP contribution in [0.3, 0.4) is 0 Å². The van der Waals surface area contributed by atoms with Gasteiger partial charge in [0.25, 0.3) is 0 Å². The SMILES string of the molecule is O=C(CC1CC1)N1Cc2cccnc2N2CCC[C@@H]2C1. The van der Waals surface area contributed by atoms with E-state index in [1.807, 2.05) is 12.3 Å². The lowest BCUT2D eigenvalue weighted by atomic mass is 10.2. The van der Waals surface area contributed by atoms with Crippen molar-refractivity contribution in [3.8, 4) is 0 Å². The minimum Gasteiger partial charge on any atom is -0.352 e. The van der Waals surface area contributed by atoms with Crippen LogP contribution in [0.4, 0.5) is 5.82 Å². The monoisotopic (exact) mass is 271 g/mol. The number of carbonyl (C=O) groups excluding carboxylic acids is 1. The Hall–Kier alpha value is -1.58. The lowest BCUT2D eigenvalue weighted by molar-refractivity contribution is -0.132. The van der Waals surface area contributed by atoms with E-state index in [0.717, 1.165) is 31.9 Å². The first kappa shape index (κ1) is 12.2. The van der Waals surface area contributed by atoms with Gasteiger partial charge in [0.2, 0.25) is 5.91 Å². The highest BCUT2D eigenvalue weighted by Crippen LogP contribution is 2.35. The predicted octanol–water partition coefficient (Wildman–Crippen LogP) is 2.19. The molecule has 0 N–H and O–H groups in total. The topological polar surface area (TPSA) is 36.4 Å². The maximum absolute atomic E-state index is 12.5. The summed E-state index contributed by atoms with van der Waals surface area (Å²) in [6.45, 7) is 2.70. The van der Waals surface area contributed by atoms with Crippen molar-refractivity contribution in [2.75, 3.05) is 18.0 Å². The molecule has 1 amide bonds. The Bertz CT molecular complexity index is 526. The van der Waals surface area contributed by atoms with E-state index >= 15 is 0 Å². The molecule has 0 spiro atoms. The van der Waals surface area contributed by atoms with Gasteiger partial charge in [-0.1, -0.05) is 6.07 Å². The summed E-state index contributed by atoms with van der Waals surface area (Å²) in [6, 6.07) is 4.58. The summed E-state index contributed by atoms with van der Waals surface area (Å²) in [5.41, 5.74) is 1.21. The molecule has 1 aromatic rings. The molecule has 3 heterocycles. The van der Waals surface area contributed by atoms with Crippen molar-refractivity contribution in [2.45, 2.75) is 44.7 Å². The standard InChI is InChI=1S/C16H21N3O/c20-15(9-12-5-6-12)18-10-13-3-1-7-17-16(13)19-8-2-4-14(19)11-18/h1,3,7,12,14H,2,4-6,8-11H2/t14-/m1/s1. The number of amides is 1. The highest BCUT2D eigenvalue weighted by atomic mass is 16.2. The van der Waals surface area contributed by atoms with Crippen LogP contribution in [0.2, 0.25) is 0 Å². The highest BCUT2D eigenvalue weighted by molar-refractivity contribution is 5.77. The third kappa shape index (κ3) is 2.17. The molecule has 0 unspecified atom stereocenters. The molecule has 1 atom stereocenters. The zero-order chi connectivity index (χ0) is 13.5. The minimum absolute atomic E-state index is 0.344. The molecular formula is C16H21N3O. The van der Waals surface area contributed by atoms with Gasteiger partial charge in [0, 0.05) is 43.9 Å². The van der Waals surface area contributed by atoms with Crippen LogP contribution in [-0.4, -0.2) is 34.9 Å². The summed E-state index contributed by atoms with van der Waals surface area (Å²) in [6.07, 6.45) is 7.51. The average molecular weight is 271 g/mol. The molecule has 4 nitrogen and oxygen atoms in total. The van der Waals surface area contributed by atoms with Crippen LogP contribution in [0, 0.1) is 5.92 Å². The normalized spacial score (nSPS) is 25.1. The fraction of sp³-hybridized carbons (Fsp3) is 0.625. The first-order chi connectivity index (χ1) is 9.81. The molecular weight excluding hydrogens is 250 g/mol. The first-order valence-corrected chi connectivity index (χ1v) is 7.79. The van der Waals surface area contributed by atoms with E-state index in [2.05, 4.69) is 20.9 Å². The van der Waals surface area contributed by atoms with E-state index < -0.39 is 0 Å². The van der Waals surface area contributed by atoms with Crippen molar-refractivity contribution in [3.05, 3.63) is 23.9 Å². The average Bonchev–Trinajstić information content (AvgIpc) is 3.18. The van der Waals surface area contributed by atoms with Gasteiger partial charge >= 0.3 is 0 Å². The van der Waals surface area contributed by atoms with E-state index in [0.29, 0.717) is 17.9 Å². The lowest BCUT2D eigenvalue weighted by Crippen LogP contribution is -2.40. The molecule has 1 aliphatic carbocycles. The Kier molecular flexibility index (Phi) is 2.90. The third-order valence-electron chi connectivity index (χ3n) is 4.82. The van der Waals surface area contributed by atoms with Gasteiger partial charge in [-0.15, -0.1) is 0 Å². The van der Waals surface area contributed by atoms with Crippen molar-refractivity contribution in [1.29, 1.82) is 0 Å². The van der Waals surface area contributed by atoms with Gasteiger partial charge in [0.15, 0.2) is 0 Å². The quantitative estimate of drug-likeness (QED) is 0.827. The van der Waals surface area contributed by atoms with Crippen LogP contribution in [0.1, 0.15) is 37.7 Å². The number of fused-ring (bicyclic) bond motifs is 3. The molecule has 0 bridgehead atoms. The Morgan fingerprint density at radius 3 is 3.10 bits per heavy atom. The highest BCUT2D eigenvalue weighted by Gasteiger charge is 2.35. The van der Waals surface area contributed by atoms with Gasteiger partial charge in [-0.25, -0.2) is 4.98 Å². The second-order valence-electron chi connectivity index (χ2n) is 6.40. The molecule has 0 radical (unpaired) electrons. The predicted molar refractivity (Wildman–Crippen MR) is 77.4 cm³/mol. The number of carbonyl (C=O) groups is 1. The Balaban J connectivity index is 1.62. The number of pyridine rings is 1. The van der Waals surface area contributed by atoms with Crippen molar-refractivity contribution in [3.63, 3.8) is 0 Å². The first-order valence-electron chi connectivity index (χ1n) is 7.79. The summed E-state index contributed by atoms with van der Waals surface area (Å²) in [5, 5.41) is 0. The molecule has 2 fully saturated rings. The molecule has 4 rings (SSSR count). The zero-order valence-corrected chi connectivity index (χ0v) is 11.8. The van der Waals surface area contributed by atoms with Gasteiger partial charge < -0.3 is 9.80 Å². The molecule has 3 aliphatic rings. The second-order valence-corrected chi connectivity index (χ2v) is 6.40. The van der Waals surface area contributed by atoms with Gasteiger partial charge in [0.1, 0.15) is 5.82 Å². The van der Waals surface area contributed by atoms with E-state index in [1.54, 1.807) is 0 Å². The Morgan fingerprint density at radius 1 is 1.35 bits per heavy atom. The molecule has 20 heavy (non-hydrogen) atoms. The third-order valence-corrected chi connectivity index (χ3v) is 4.82. The number of anilines is 1. The zero-order valence-electron chi connectivity index (χ0n) is 11.8. The van der Waals surface area contributed by atoms with Gasteiger partial charge in [-0.05, 0) is 37.7 Å². The Labute approximate surface area is 119 Å². The van der Waals surface area contributed by atoms with E-state index in [1.165, 1.54) is 31.2 Å². The van der Waals surface area contributed by atoms with Crippen LogP contribution in [0.5, 0.6) is 0 Å². The molecule has 1 aromatic heterocycles. The van der Waals surface area contributed by atoms with Gasteiger partial charge in [-0.2, -0.15) is 0 Å². The molecule has 0 aromatic carbocycles. The molecule has 1 saturated heterocycles. The fourth-order valence-corrected chi connectivity index (χ4v) is 3.53. The molecule has 106 valence electrons. The van der Waals surface area contributed by atoms with Crippen LogP contribution >= 0.6 is 0 Å². The van der Waals surface area contributed by atoms with Crippen LogP contribution in [0.25, 0.3) is 0 Å². The maximum atomic E-state index is 12.5. The molecule has 2 aliphatic heterocycles. The van der Waals surface area contributed by atoms with Crippen molar-refractivity contribution < 1.29 is 4.79 Å². The summed E-state index contributed by atoms with van der Waals surface area (Å²) in [7, 11) is 0. The summed E-state index contributed by atoms with van der Waals surface area (Å²) < 4.78 is 0. The summed E-state index contributed by atoms with van der Waals surface area (Å²) >= 11 is 0. The van der Waals surface area contributed by atoms with Crippen molar-refractivity contribution >= 4 is 11.7 Å². The largest absolute Gasteiger partial charge is 0.352 e. The smallest absolute Gasteiger partial charge is 0.223 e. The lowest BCUT2D eigenvalue weighted by Gasteiger charge is -2.27. The summed E-state index contributed by atoms with van der Waals surface area (Å²) in [4.78, 5) is 21.6. The molecule has 1 saturated carbocycles. The second kappa shape index (κ2) is 4.76. The number of nitrogens with zero attached hydrogens (tertiary/aromatic N) is 3. The maximum Gasteiger partial charge on any atom is 0.223 e. The fourth-order valence-electron chi connectivity index (χ4n) is 3.53. The Morgan fingerprint density at radius 2 is 2.25 bits per heavy atom. The van der Waals surface area contributed by atoms with E-state index in [-0.39, 0.29) is 0 Å². The van der Waals surface area contributed by atoms with Crippen molar-refractivity contribution in [2.24, 2.45) is 5.92 Å². The van der Waals surface area contributed by atoms with Crippen LogP contribution in [-0.2, 0) is 11.3 Å². The number of aromatic nitrogens is 1. The van der Waals surface area contributed by atoms with E-state index in [4.69, 9.17) is 0 Å². The van der Waals surface area contributed by atoms with Gasteiger partial charge in [0.05, 0.1) is 0 Å².